The number of hydrogen-bond donors (Lipinski definition) is 0. The molecule has 1 radical (unpaired) electrons. The summed E-state index contributed by atoms with van der Waals surface area (Å²) in [6.45, 7) is 0. The Kier molecular flexibility index (Phi) is 7.84. The molecule has 0 aromatic carbocycles. The van der Waals surface area contributed by atoms with Gasteiger partial charge in [0.25, 0.3) is 7.41 Å². The van der Waals surface area contributed by atoms with Crippen LogP contribution < -0.4 is 11.2 Å². The lowest BCUT2D eigenvalue weighted by Gasteiger charge is -2.20. The molecule has 0 saturated heterocycles. The van der Waals surface area contributed by atoms with Crippen LogP contribution >= 0.6 is 0 Å². The van der Waals surface area contributed by atoms with E-state index in [-0.39, 0.29) is 11.2 Å². The molecule has 1 fully saturated rings. The molecule has 0 spiro atoms. The van der Waals surface area contributed by atoms with E-state index in [1.54, 1.807) is 4.57 Å². The predicted molar refractivity (Wildman–Crippen MR) is 113 cm³/mol. The van der Waals surface area contributed by atoms with E-state index in [1.807, 2.05) is 14.5 Å². The smallest absolute Gasteiger partial charge is 0.312 e. The molecule has 0 amide bonds. The van der Waals surface area contributed by atoms with Crippen molar-refractivity contribution in [1.29, 1.82) is 0 Å². The van der Waals surface area contributed by atoms with Crippen LogP contribution in [0, 0.1) is 0 Å². The lowest BCUT2D eigenvalue weighted by atomic mass is 9.69. The Morgan fingerprint density at radius 3 is 1.89 bits per heavy atom. The lowest BCUT2D eigenvalue weighted by molar-refractivity contribution is 0.499. The molecule has 1 heterocycles. The quantitative estimate of drug-likeness (QED) is 0.725. The van der Waals surface area contributed by atoms with E-state index in [9.17, 15) is 9.59 Å². The standard InChI is InChI=1S/C22H36BN2O2/c1-24-20-17-13-9-5-8-12-16-19(20)21(26)25(22(24)27)23-18-14-10-6-3-2-4-7-11-15-18/h18H,2-17H2,1H3. The Morgan fingerprint density at radius 2 is 1.26 bits per heavy atom. The first kappa shape index (κ1) is 20.5. The van der Waals surface area contributed by atoms with Crippen LogP contribution in [0.1, 0.15) is 101 Å². The van der Waals surface area contributed by atoms with Crippen molar-refractivity contribution in [3.63, 3.8) is 0 Å². The topological polar surface area (TPSA) is 44.0 Å². The first-order valence-electron chi connectivity index (χ1n) is 11.4. The molecule has 0 atom stereocenters. The molecule has 5 heteroatoms. The van der Waals surface area contributed by atoms with E-state index in [2.05, 4.69) is 0 Å². The summed E-state index contributed by atoms with van der Waals surface area (Å²) in [5.74, 6) is 0.350. The highest BCUT2D eigenvalue weighted by molar-refractivity contribution is 6.35. The van der Waals surface area contributed by atoms with Crippen molar-refractivity contribution in [3.05, 3.63) is 32.1 Å². The van der Waals surface area contributed by atoms with Crippen molar-refractivity contribution >= 4 is 7.41 Å². The number of aromatic nitrogens is 2. The lowest BCUT2D eigenvalue weighted by Crippen LogP contribution is -2.46. The fourth-order valence-electron chi connectivity index (χ4n) is 4.86. The minimum atomic E-state index is -0.143. The Balaban J connectivity index is 1.86. The molecule has 0 bridgehead atoms. The maximum atomic E-state index is 13.2. The first-order valence-corrected chi connectivity index (χ1v) is 11.4. The second kappa shape index (κ2) is 10.3. The molecule has 0 N–H and O–H groups in total. The predicted octanol–water partition coefficient (Wildman–Crippen LogP) is 4.38. The molecular weight excluding hydrogens is 335 g/mol. The van der Waals surface area contributed by atoms with Gasteiger partial charge in [-0.3, -0.25) is 4.79 Å². The van der Waals surface area contributed by atoms with Gasteiger partial charge in [0, 0.05) is 18.3 Å². The molecule has 149 valence electrons. The Bertz CT molecular complexity index is 712. The zero-order valence-corrected chi connectivity index (χ0v) is 17.2. The largest absolute Gasteiger partial charge is 0.318 e. The van der Waals surface area contributed by atoms with E-state index in [0.717, 1.165) is 49.8 Å². The Labute approximate surface area is 164 Å². The van der Waals surface area contributed by atoms with E-state index in [1.165, 1.54) is 68.7 Å². The van der Waals surface area contributed by atoms with Gasteiger partial charge in [0.05, 0.1) is 0 Å². The fraction of sp³-hybridized carbons (Fsp3) is 0.818. The molecule has 4 nitrogen and oxygen atoms in total. The molecular formula is C22H36BN2O2. The van der Waals surface area contributed by atoms with Crippen LogP contribution in [0.25, 0.3) is 0 Å². The zero-order valence-electron chi connectivity index (χ0n) is 17.2. The molecule has 27 heavy (non-hydrogen) atoms. The van der Waals surface area contributed by atoms with Crippen molar-refractivity contribution in [3.8, 4) is 0 Å². The normalized spacial score (nSPS) is 20.8. The summed E-state index contributed by atoms with van der Waals surface area (Å²) in [5.41, 5.74) is 1.71. The van der Waals surface area contributed by atoms with Crippen LogP contribution in [0.3, 0.4) is 0 Å². The van der Waals surface area contributed by atoms with E-state index in [0.29, 0.717) is 5.82 Å². The summed E-state index contributed by atoms with van der Waals surface area (Å²) >= 11 is 0. The SMILES string of the molecule is Cn1c2c(c(=O)n([B]C3CCCCCCCCC3)c1=O)CCCCCCC2. The third kappa shape index (κ3) is 5.39. The van der Waals surface area contributed by atoms with Crippen molar-refractivity contribution in [2.45, 2.75) is 109 Å². The van der Waals surface area contributed by atoms with Gasteiger partial charge in [-0.2, -0.15) is 0 Å². The second-order valence-electron chi connectivity index (χ2n) is 8.67. The summed E-state index contributed by atoms with van der Waals surface area (Å²) < 4.78 is 3.23. The van der Waals surface area contributed by atoms with Crippen LogP contribution in [0.5, 0.6) is 0 Å². The van der Waals surface area contributed by atoms with Gasteiger partial charge < -0.3 is 9.05 Å². The van der Waals surface area contributed by atoms with E-state index >= 15 is 0 Å². The van der Waals surface area contributed by atoms with Crippen LogP contribution in [0.4, 0.5) is 0 Å². The molecule has 1 aromatic rings. The van der Waals surface area contributed by atoms with Gasteiger partial charge in [-0.25, -0.2) is 4.79 Å². The summed E-state index contributed by atoms with van der Waals surface area (Å²) in [6.07, 6.45) is 18.6. The number of hydrogen-bond acceptors (Lipinski definition) is 2. The van der Waals surface area contributed by atoms with Gasteiger partial charge >= 0.3 is 5.69 Å². The van der Waals surface area contributed by atoms with Gasteiger partial charge in [-0.05, 0) is 31.5 Å². The molecule has 1 saturated carbocycles. The maximum absolute atomic E-state index is 13.2. The molecule has 2 aliphatic carbocycles. The van der Waals surface area contributed by atoms with Crippen molar-refractivity contribution in [2.75, 3.05) is 0 Å². The highest BCUT2D eigenvalue weighted by Gasteiger charge is 2.21. The minimum absolute atomic E-state index is 0.0351. The van der Waals surface area contributed by atoms with Crippen LogP contribution in [0.15, 0.2) is 9.59 Å². The third-order valence-electron chi connectivity index (χ3n) is 6.57. The number of nitrogens with zero attached hydrogens (tertiary/aromatic N) is 2. The van der Waals surface area contributed by atoms with Crippen LogP contribution in [-0.4, -0.2) is 16.5 Å². The molecule has 0 aliphatic heterocycles. The monoisotopic (exact) mass is 371 g/mol. The molecule has 2 aliphatic rings. The van der Waals surface area contributed by atoms with Crippen molar-refractivity contribution in [2.24, 2.45) is 7.05 Å². The van der Waals surface area contributed by atoms with Gasteiger partial charge in [0.1, 0.15) is 0 Å². The van der Waals surface area contributed by atoms with Crippen molar-refractivity contribution in [1.82, 2.24) is 9.05 Å². The highest BCUT2D eigenvalue weighted by atomic mass is 16.2. The molecule has 0 unspecified atom stereocenters. The van der Waals surface area contributed by atoms with Gasteiger partial charge in [0.15, 0.2) is 0 Å². The highest BCUT2D eigenvalue weighted by Crippen LogP contribution is 2.25. The average Bonchev–Trinajstić information content (AvgIpc) is 2.80. The van der Waals surface area contributed by atoms with E-state index < -0.39 is 0 Å². The second-order valence-corrected chi connectivity index (χ2v) is 8.67. The summed E-state index contributed by atoms with van der Waals surface area (Å²) in [4.78, 5) is 26.2. The fourth-order valence-corrected chi connectivity index (χ4v) is 4.86. The van der Waals surface area contributed by atoms with Gasteiger partial charge in [0.2, 0.25) is 5.56 Å². The number of fused-ring (bicyclic) bond motifs is 1. The number of rotatable bonds is 2. The van der Waals surface area contributed by atoms with Crippen LogP contribution in [-0.2, 0) is 19.9 Å². The van der Waals surface area contributed by atoms with E-state index in [4.69, 9.17) is 0 Å². The minimum Gasteiger partial charge on any atom is -0.312 e. The van der Waals surface area contributed by atoms with Gasteiger partial charge in [-0.15, -0.1) is 0 Å². The van der Waals surface area contributed by atoms with Crippen molar-refractivity contribution < 1.29 is 0 Å². The van der Waals surface area contributed by atoms with Gasteiger partial charge in [-0.1, -0.05) is 77.0 Å². The third-order valence-corrected chi connectivity index (χ3v) is 6.57. The first-order chi connectivity index (χ1) is 13.2. The van der Waals surface area contributed by atoms with Crippen LogP contribution in [0.2, 0.25) is 5.82 Å². The Hall–Kier alpha value is -1.26. The Morgan fingerprint density at radius 1 is 0.741 bits per heavy atom. The molecule has 1 aromatic heterocycles. The summed E-state index contributed by atoms with van der Waals surface area (Å²) in [6, 6.07) is 0. The maximum Gasteiger partial charge on any atom is 0.318 e. The molecule has 3 rings (SSSR count). The summed E-state index contributed by atoms with van der Waals surface area (Å²) in [7, 11) is 3.84. The average molecular weight is 371 g/mol. The summed E-state index contributed by atoms with van der Waals surface area (Å²) in [5, 5.41) is 0. The zero-order chi connectivity index (χ0) is 19.1.